The topological polar surface area (TPSA) is 41.6 Å². The average molecular weight is 370 g/mol. The molecule has 2 aromatic carbocycles. The lowest BCUT2D eigenvalue weighted by Crippen LogP contribution is -2.33. The van der Waals surface area contributed by atoms with Crippen LogP contribution in [0.1, 0.15) is 43.7 Å². The third-order valence-electron chi connectivity index (χ3n) is 5.06. The smallest absolute Gasteiger partial charge is 0.217 e. The SMILES string of the molecule is CCOc1ccc(N2CCC(c3ccc(CNC(C)=O)cc3)CC2)c(F)c1. The van der Waals surface area contributed by atoms with Gasteiger partial charge in [0.1, 0.15) is 11.6 Å². The van der Waals surface area contributed by atoms with Crippen LogP contribution in [0.3, 0.4) is 0 Å². The van der Waals surface area contributed by atoms with Crippen LogP contribution in [-0.4, -0.2) is 25.6 Å². The van der Waals surface area contributed by atoms with Crippen molar-refractivity contribution in [3.05, 3.63) is 59.4 Å². The van der Waals surface area contributed by atoms with Gasteiger partial charge < -0.3 is 15.0 Å². The highest BCUT2D eigenvalue weighted by atomic mass is 19.1. The molecule has 0 atom stereocenters. The summed E-state index contributed by atoms with van der Waals surface area (Å²) in [6, 6.07) is 13.6. The van der Waals surface area contributed by atoms with Gasteiger partial charge in [-0.3, -0.25) is 4.79 Å². The Hall–Kier alpha value is -2.56. The number of carbonyl (C=O) groups excluding carboxylic acids is 1. The number of rotatable bonds is 6. The number of nitrogens with zero attached hydrogens (tertiary/aromatic N) is 1. The van der Waals surface area contributed by atoms with Gasteiger partial charge in [-0.2, -0.15) is 0 Å². The molecular formula is C22H27FN2O2. The van der Waals surface area contributed by atoms with E-state index < -0.39 is 0 Å². The van der Waals surface area contributed by atoms with Gasteiger partial charge in [0.2, 0.25) is 5.91 Å². The van der Waals surface area contributed by atoms with Gasteiger partial charge >= 0.3 is 0 Å². The molecule has 0 spiro atoms. The van der Waals surface area contributed by atoms with Crippen molar-refractivity contribution >= 4 is 11.6 Å². The van der Waals surface area contributed by atoms with E-state index in [0.29, 0.717) is 30.5 Å². The van der Waals surface area contributed by atoms with Crippen molar-refractivity contribution in [3.8, 4) is 5.75 Å². The van der Waals surface area contributed by atoms with E-state index in [1.807, 2.05) is 19.1 Å². The van der Waals surface area contributed by atoms with E-state index in [0.717, 1.165) is 31.5 Å². The molecule has 4 nitrogen and oxygen atoms in total. The average Bonchev–Trinajstić information content (AvgIpc) is 2.67. The summed E-state index contributed by atoms with van der Waals surface area (Å²) in [6.45, 7) is 6.18. The number of hydrogen-bond acceptors (Lipinski definition) is 3. The Morgan fingerprint density at radius 1 is 1.19 bits per heavy atom. The van der Waals surface area contributed by atoms with Gasteiger partial charge in [0.25, 0.3) is 0 Å². The maximum atomic E-state index is 14.4. The predicted molar refractivity (Wildman–Crippen MR) is 106 cm³/mol. The van der Waals surface area contributed by atoms with E-state index in [9.17, 15) is 9.18 Å². The zero-order valence-corrected chi connectivity index (χ0v) is 16.0. The van der Waals surface area contributed by atoms with Crippen molar-refractivity contribution in [2.45, 2.75) is 39.2 Å². The first-order valence-electron chi connectivity index (χ1n) is 9.57. The number of carbonyl (C=O) groups is 1. The van der Waals surface area contributed by atoms with Crippen LogP contribution >= 0.6 is 0 Å². The van der Waals surface area contributed by atoms with Crippen molar-refractivity contribution in [3.63, 3.8) is 0 Å². The maximum absolute atomic E-state index is 14.4. The zero-order valence-electron chi connectivity index (χ0n) is 16.0. The number of benzene rings is 2. The van der Waals surface area contributed by atoms with E-state index in [4.69, 9.17) is 4.74 Å². The fourth-order valence-electron chi connectivity index (χ4n) is 3.59. The molecule has 2 aromatic rings. The molecule has 0 unspecified atom stereocenters. The van der Waals surface area contributed by atoms with Crippen LogP contribution in [-0.2, 0) is 11.3 Å². The van der Waals surface area contributed by atoms with Crippen molar-refractivity contribution in [2.24, 2.45) is 0 Å². The highest BCUT2D eigenvalue weighted by molar-refractivity contribution is 5.72. The standard InChI is InChI=1S/C22H27FN2O2/c1-3-27-20-8-9-22(21(23)14-20)25-12-10-19(11-13-25)18-6-4-17(5-7-18)15-24-16(2)26/h4-9,14,19H,3,10-13,15H2,1-2H3,(H,24,26). The Bertz CT molecular complexity index is 768. The van der Waals surface area contributed by atoms with Crippen LogP contribution < -0.4 is 15.0 Å². The van der Waals surface area contributed by atoms with Gasteiger partial charge in [-0.25, -0.2) is 4.39 Å². The molecule has 0 aromatic heterocycles. The number of ether oxygens (including phenoxy) is 1. The second kappa shape index (κ2) is 8.89. The summed E-state index contributed by atoms with van der Waals surface area (Å²) in [4.78, 5) is 13.1. The Morgan fingerprint density at radius 3 is 2.48 bits per heavy atom. The van der Waals surface area contributed by atoms with E-state index >= 15 is 0 Å². The minimum absolute atomic E-state index is 0.0204. The van der Waals surface area contributed by atoms with Gasteiger partial charge in [-0.05, 0) is 48.9 Å². The van der Waals surface area contributed by atoms with E-state index in [1.165, 1.54) is 18.6 Å². The van der Waals surface area contributed by atoms with Gasteiger partial charge in [0, 0.05) is 32.6 Å². The normalized spacial score (nSPS) is 14.9. The summed E-state index contributed by atoms with van der Waals surface area (Å²) in [5.74, 6) is 0.824. The maximum Gasteiger partial charge on any atom is 0.217 e. The van der Waals surface area contributed by atoms with Crippen molar-refractivity contribution in [1.29, 1.82) is 0 Å². The van der Waals surface area contributed by atoms with Gasteiger partial charge in [-0.1, -0.05) is 24.3 Å². The molecule has 1 aliphatic heterocycles. The second-order valence-corrected chi connectivity index (χ2v) is 6.96. The van der Waals surface area contributed by atoms with Crippen LogP contribution in [0.4, 0.5) is 10.1 Å². The molecule has 0 bridgehead atoms. The Labute approximate surface area is 160 Å². The van der Waals surface area contributed by atoms with Crippen molar-refractivity contribution in [1.82, 2.24) is 5.32 Å². The number of halogens is 1. The molecule has 0 radical (unpaired) electrons. The van der Waals surface area contributed by atoms with Gasteiger partial charge in [0.15, 0.2) is 0 Å². The fourth-order valence-corrected chi connectivity index (χ4v) is 3.59. The minimum Gasteiger partial charge on any atom is -0.494 e. The van der Waals surface area contributed by atoms with Crippen molar-refractivity contribution in [2.75, 3.05) is 24.6 Å². The van der Waals surface area contributed by atoms with Gasteiger partial charge in [0.05, 0.1) is 12.3 Å². The number of piperidine rings is 1. The third kappa shape index (κ3) is 5.00. The first kappa shape index (κ1) is 19.2. The minimum atomic E-state index is -0.221. The van der Waals surface area contributed by atoms with Crippen LogP contribution in [0.25, 0.3) is 0 Å². The molecule has 5 heteroatoms. The van der Waals surface area contributed by atoms with Crippen LogP contribution in [0, 0.1) is 5.82 Å². The number of hydrogen-bond donors (Lipinski definition) is 1. The molecule has 1 N–H and O–H groups in total. The lowest BCUT2D eigenvalue weighted by atomic mass is 9.89. The molecule has 1 aliphatic rings. The number of amides is 1. The Balaban J connectivity index is 1.58. The second-order valence-electron chi connectivity index (χ2n) is 6.96. The quantitative estimate of drug-likeness (QED) is 0.827. The highest BCUT2D eigenvalue weighted by Crippen LogP contribution is 2.32. The largest absolute Gasteiger partial charge is 0.494 e. The molecule has 1 amide bonds. The number of nitrogens with one attached hydrogen (secondary N) is 1. The molecule has 27 heavy (non-hydrogen) atoms. The summed E-state index contributed by atoms with van der Waals surface area (Å²) in [5.41, 5.74) is 3.07. The zero-order chi connectivity index (χ0) is 19.2. The lowest BCUT2D eigenvalue weighted by Gasteiger charge is -2.34. The summed E-state index contributed by atoms with van der Waals surface area (Å²) in [5, 5.41) is 2.81. The molecule has 3 rings (SSSR count). The molecule has 1 fully saturated rings. The summed E-state index contributed by atoms with van der Waals surface area (Å²) in [7, 11) is 0. The molecular weight excluding hydrogens is 343 g/mol. The lowest BCUT2D eigenvalue weighted by molar-refractivity contribution is -0.119. The molecule has 1 saturated heterocycles. The van der Waals surface area contributed by atoms with Crippen LogP contribution in [0.5, 0.6) is 5.75 Å². The molecule has 0 aliphatic carbocycles. The van der Waals surface area contributed by atoms with Gasteiger partial charge in [-0.15, -0.1) is 0 Å². The summed E-state index contributed by atoms with van der Waals surface area (Å²) < 4.78 is 19.8. The van der Waals surface area contributed by atoms with E-state index in [2.05, 4.69) is 34.5 Å². The fraction of sp³-hybridized carbons (Fsp3) is 0.409. The summed E-state index contributed by atoms with van der Waals surface area (Å²) >= 11 is 0. The summed E-state index contributed by atoms with van der Waals surface area (Å²) in [6.07, 6.45) is 2.00. The molecule has 1 heterocycles. The number of anilines is 1. The highest BCUT2D eigenvalue weighted by Gasteiger charge is 2.22. The van der Waals surface area contributed by atoms with Crippen LogP contribution in [0.2, 0.25) is 0 Å². The monoisotopic (exact) mass is 370 g/mol. The first-order chi connectivity index (χ1) is 13.1. The van der Waals surface area contributed by atoms with Crippen LogP contribution in [0.15, 0.2) is 42.5 Å². The predicted octanol–water partition coefficient (Wildman–Crippen LogP) is 4.24. The molecule has 144 valence electrons. The Kier molecular flexibility index (Phi) is 6.32. The molecule has 0 saturated carbocycles. The first-order valence-corrected chi connectivity index (χ1v) is 9.57. The van der Waals surface area contributed by atoms with Crippen molar-refractivity contribution < 1.29 is 13.9 Å². The third-order valence-corrected chi connectivity index (χ3v) is 5.06. The van der Waals surface area contributed by atoms with E-state index in [1.54, 1.807) is 0 Å². The van der Waals surface area contributed by atoms with E-state index in [-0.39, 0.29) is 11.7 Å². The Morgan fingerprint density at radius 2 is 1.89 bits per heavy atom.